The van der Waals surface area contributed by atoms with Crippen LogP contribution in [0.25, 0.3) is 6.08 Å². The number of imide groups is 1. The zero-order chi connectivity index (χ0) is 24.8. The Bertz CT molecular complexity index is 889. The maximum atomic E-state index is 13.3. The van der Waals surface area contributed by atoms with Gasteiger partial charge in [-0.15, -0.1) is 0 Å². The third-order valence-electron chi connectivity index (χ3n) is 5.12. The molecule has 1 N–H and O–H groups in total. The minimum Gasteiger partial charge on any atom is -0.460 e. The monoisotopic (exact) mass is 457 g/mol. The first kappa shape index (κ1) is 26.1. The van der Waals surface area contributed by atoms with Crippen molar-refractivity contribution in [3.8, 4) is 0 Å². The zero-order valence-corrected chi connectivity index (χ0v) is 20.3. The van der Waals surface area contributed by atoms with Gasteiger partial charge in [-0.3, -0.25) is 19.8 Å². The molecule has 1 aliphatic rings. The number of hydrazine groups is 1. The number of rotatable bonds is 9. The van der Waals surface area contributed by atoms with Crippen LogP contribution in [0.1, 0.15) is 53.0 Å². The van der Waals surface area contributed by atoms with Crippen molar-refractivity contribution in [3.05, 3.63) is 42.0 Å². The number of likely N-dealkylation sites (N-methyl/N-ethyl adjacent to an activating group) is 1. The molecule has 1 aromatic carbocycles. The van der Waals surface area contributed by atoms with Crippen molar-refractivity contribution in [1.29, 1.82) is 0 Å². The van der Waals surface area contributed by atoms with E-state index in [2.05, 4.69) is 5.43 Å². The van der Waals surface area contributed by atoms with Crippen molar-refractivity contribution in [1.82, 2.24) is 15.3 Å². The predicted octanol–water partition coefficient (Wildman–Crippen LogP) is 3.64. The lowest BCUT2D eigenvalue weighted by molar-refractivity contribution is -0.164. The summed E-state index contributed by atoms with van der Waals surface area (Å²) in [5.41, 5.74) is 2.69. The van der Waals surface area contributed by atoms with E-state index >= 15 is 0 Å². The summed E-state index contributed by atoms with van der Waals surface area (Å²) in [6.45, 7) is 9.12. The number of nitrogens with zero attached hydrogens (tertiary/aromatic N) is 2. The molecule has 0 aliphatic carbocycles. The molecule has 1 aliphatic heterocycles. The van der Waals surface area contributed by atoms with E-state index in [-0.39, 0.29) is 18.9 Å². The molecule has 8 heteroatoms. The second-order valence-electron chi connectivity index (χ2n) is 9.77. The van der Waals surface area contributed by atoms with E-state index in [0.717, 1.165) is 10.6 Å². The van der Waals surface area contributed by atoms with Gasteiger partial charge in [-0.1, -0.05) is 56.3 Å². The molecule has 0 spiro atoms. The van der Waals surface area contributed by atoms with Gasteiger partial charge in [-0.05, 0) is 45.1 Å². The number of nitrogens with one attached hydrogen (secondary N) is 1. The Morgan fingerprint density at radius 1 is 1.12 bits per heavy atom. The highest BCUT2D eigenvalue weighted by Gasteiger charge is 2.40. The van der Waals surface area contributed by atoms with Crippen LogP contribution in [-0.2, 0) is 19.1 Å². The van der Waals surface area contributed by atoms with Gasteiger partial charge in [-0.25, -0.2) is 4.79 Å². The standard InChI is InChI=1S/C25H35N3O5/c1-17(2)15-20(22(30)26-28-21(29)16-27(6)24(28)32)19(23(31)33-25(3,4)5)14-10-13-18-11-8-7-9-12-18/h7-13,17,19-20H,14-16H2,1-6H3,(H,26,30)/b13-10+/t19?,20-/m1/s1. The van der Waals surface area contributed by atoms with Crippen LogP contribution >= 0.6 is 0 Å². The van der Waals surface area contributed by atoms with E-state index < -0.39 is 41.3 Å². The molecule has 1 saturated heterocycles. The second-order valence-corrected chi connectivity index (χ2v) is 9.77. The Morgan fingerprint density at radius 2 is 1.76 bits per heavy atom. The van der Waals surface area contributed by atoms with Crippen molar-refractivity contribution in [2.75, 3.05) is 13.6 Å². The minimum atomic E-state index is -0.785. The third kappa shape index (κ3) is 7.73. The first-order chi connectivity index (χ1) is 15.4. The zero-order valence-electron chi connectivity index (χ0n) is 20.3. The van der Waals surface area contributed by atoms with Crippen LogP contribution in [0.15, 0.2) is 36.4 Å². The summed E-state index contributed by atoms with van der Waals surface area (Å²) in [6.07, 6.45) is 4.41. The summed E-state index contributed by atoms with van der Waals surface area (Å²) in [6, 6.07) is 9.04. The molecule has 8 nitrogen and oxygen atoms in total. The molecule has 2 atom stereocenters. The Kier molecular flexibility index (Phi) is 8.79. The number of carbonyl (C=O) groups is 4. The van der Waals surface area contributed by atoms with Crippen LogP contribution in [-0.4, -0.2) is 52.9 Å². The van der Waals surface area contributed by atoms with Crippen molar-refractivity contribution in [2.24, 2.45) is 17.8 Å². The Labute approximate surface area is 195 Å². The number of esters is 1. The molecule has 180 valence electrons. The lowest BCUT2D eigenvalue weighted by atomic mass is 9.82. The van der Waals surface area contributed by atoms with Crippen LogP contribution in [0, 0.1) is 17.8 Å². The molecule has 1 aromatic rings. The molecule has 33 heavy (non-hydrogen) atoms. The van der Waals surface area contributed by atoms with Crippen LogP contribution < -0.4 is 5.43 Å². The van der Waals surface area contributed by atoms with Gasteiger partial charge in [0.05, 0.1) is 11.8 Å². The fourth-order valence-corrected chi connectivity index (χ4v) is 3.60. The molecule has 0 radical (unpaired) electrons. The Morgan fingerprint density at radius 3 is 2.27 bits per heavy atom. The average molecular weight is 458 g/mol. The quantitative estimate of drug-likeness (QED) is 0.451. The second kappa shape index (κ2) is 11.1. The van der Waals surface area contributed by atoms with Gasteiger partial charge >= 0.3 is 12.0 Å². The topological polar surface area (TPSA) is 96.0 Å². The van der Waals surface area contributed by atoms with Crippen molar-refractivity contribution >= 4 is 29.9 Å². The van der Waals surface area contributed by atoms with Crippen LogP contribution in [0.2, 0.25) is 0 Å². The molecule has 1 heterocycles. The highest BCUT2D eigenvalue weighted by Crippen LogP contribution is 2.28. The van der Waals surface area contributed by atoms with Gasteiger partial charge in [0.15, 0.2) is 0 Å². The lowest BCUT2D eigenvalue weighted by Crippen LogP contribution is -2.51. The molecule has 4 amide bonds. The fraction of sp³-hybridized carbons (Fsp3) is 0.520. The van der Waals surface area contributed by atoms with E-state index in [9.17, 15) is 19.2 Å². The molecule has 0 aromatic heterocycles. The largest absolute Gasteiger partial charge is 0.460 e. The average Bonchev–Trinajstić information content (AvgIpc) is 2.95. The number of ether oxygens (including phenoxy) is 1. The fourth-order valence-electron chi connectivity index (χ4n) is 3.60. The molecule has 1 unspecified atom stereocenters. The number of allylic oxidation sites excluding steroid dienone is 1. The maximum Gasteiger partial charge on any atom is 0.346 e. The molecule has 0 saturated carbocycles. The summed E-state index contributed by atoms with van der Waals surface area (Å²) in [4.78, 5) is 52.0. The molecule has 0 bridgehead atoms. The van der Waals surface area contributed by atoms with Gasteiger partial charge in [0.25, 0.3) is 5.91 Å². The van der Waals surface area contributed by atoms with Gasteiger partial charge < -0.3 is 9.64 Å². The number of benzene rings is 1. The van der Waals surface area contributed by atoms with Gasteiger partial charge in [0.1, 0.15) is 12.1 Å². The molecule has 2 rings (SSSR count). The van der Waals surface area contributed by atoms with Crippen molar-refractivity contribution < 1.29 is 23.9 Å². The summed E-state index contributed by atoms with van der Waals surface area (Å²) in [7, 11) is 1.48. The third-order valence-corrected chi connectivity index (χ3v) is 5.12. The van der Waals surface area contributed by atoms with Crippen LogP contribution in [0.5, 0.6) is 0 Å². The van der Waals surface area contributed by atoms with Gasteiger partial charge in [0.2, 0.25) is 5.91 Å². The molecule has 1 fully saturated rings. The van der Waals surface area contributed by atoms with E-state index in [0.29, 0.717) is 6.42 Å². The summed E-state index contributed by atoms with van der Waals surface area (Å²) in [5.74, 6) is -3.03. The van der Waals surface area contributed by atoms with E-state index in [1.54, 1.807) is 20.8 Å². The first-order valence-corrected chi connectivity index (χ1v) is 11.2. The van der Waals surface area contributed by atoms with Gasteiger partial charge in [-0.2, -0.15) is 5.01 Å². The Balaban J connectivity index is 2.30. The van der Waals surface area contributed by atoms with Crippen molar-refractivity contribution in [2.45, 2.75) is 53.1 Å². The minimum absolute atomic E-state index is 0.0939. The van der Waals surface area contributed by atoms with Crippen LogP contribution in [0.3, 0.4) is 0 Å². The van der Waals surface area contributed by atoms with E-state index in [4.69, 9.17) is 4.74 Å². The number of amides is 4. The number of carbonyl (C=O) groups excluding carboxylic acids is 4. The first-order valence-electron chi connectivity index (χ1n) is 11.2. The molecular formula is C25H35N3O5. The number of urea groups is 1. The SMILES string of the molecule is CC(C)C[C@@H](C(=O)NN1C(=O)CN(C)C1=O)C(C/C=C/c1ccccc1)C(=O)OC(C)(C)C. The summed E-state index contributed by atoms with van der Waals surface area (Å²) < 4.78 is 5.64. The summed E-state index contributed by atoms with van der Waals surface area (Å²) >= 11 is 0. The van der Waals surface area contributed by atoms with Crippen molar-refractivity contribution in [3.63, 3.8) is 0 Å². The van der Waals surface area contributed by atoms with Crippen LogP contribution in [0.4, 0.5) is 4.79 Å². The predicted molar refractivity (Wildman–Crippen MR) is 125 cm³/mol. The highest BCUT2D eigenvalue weighted by molar-refractivity contribution is 6.03. The van der Waals surface area contributed by atoms with E-state index in [1.807, 2.05) is 56.3 Å². The van der Waals surface area contributed by atoms with Gasteiger partial charge in [0, 0.05) is 7.05 Å². The number of hydrogen-bond acceptors (Lipinski definition) is 5. The summed E-state index contributed by atoms with van der Waals surface area (Å²) in [5, 5.41) is 0.724. The Hall–Kier alpha value is -3.16. The highest BCUT2D eigenvalue weighted by atomic mass is 16.6. The maximum absolute atomic E-state index is 13.3. The normalized spacial score (nSPS) is 16.5. The molecular weight excluding hydrogens is 422 g/mol. The lowest BCUT2D eigenvalue weighted by Gasteiger charge is -2.30. The smallest absolute Gasteiger partial charge is 0.346 e. The number of hydrogen-bond donors (Lipinski definition) is 1. The van der Waals surface area contributed by atoms with E-state index in [1.165, 1.54) is 11.9 Å².